The Bertz CT molecular complexity index is 4910. The largest absolute Gasteiger partial charge is 0.491 e. The number of hydrogen-bond acceptors (Lipinski definition) is 27. The second-order valence-corrected chi connectivity index (χ2v) is 37.2. The number of nitrogens with zero attached hydrogens (tertiary/aromatic N) is 11. The number of methoxy groups -OCH3 is 1. The Kier molecular flexibility index (Phi) is 35.0. The van der Waals surface area contributed by atoms with Gasteiger partial charge in [-0.3, -0.25) is 38.5 Å². The van der Waals surface area contributed by atoms with Crippen LogP contribution >= 0.6 is 0 Å². The monoisotopic (exact) mass is 1780 g/mol. The average molecular weight is 1780 g/mol. The maximum absolute atomic E-state index is 14.5. The molecule has 9 heterocycles. The van der Waals surface area contributed by atoms with Crippen LogP contribution in [-0.2, 0) is 75.4 Å². The molecule has 2 bridgehead atoms. The average Bonchev–Trinajstić information content (AvgIpc) is 1.37. The third kappa shape index (κ3) is 27.2. The number of aliphatic hydroxyl groups is 1. The number of alkyl carbamates (subject to hydrolysis) is 1. The standard InChI is InChI=1S/C95H126N14O18S/c1-62-14-9-8-10-15-63(2)85(122-7)53-75-16-13-18-84(125-75)88(114)91(117)109-33-12-11-17-79(109)92(118)126-76(52-80(110)66(5)49-67(6)82(112)54-81(111)65(4)48-62)26-21-68-19-24-74(25-20-68)127-95(119)103-57-69-55-99-93(100-56-69)107-40-38-105(39-41-107)87(113)31-44-123-45-42-104-34-36-106(37-35-104)94-101-59-73(60-102-94)89(115)97-32-47-128(120,121)77-27-28-78(64(3)50-77)90(116)108-43-46-124-83-29-22-70(51-72(83)61-108)71-23-30-86(96)98-58-71/h8-10,14-15,22-23,27-30,49-51,55-56,58-60,62,65-66,68,74-76,79,82,84-85,112H,11-13,16-21,24-26,31-48,52-54,57,61H2,1-7H3,(H2,96,98)(H,97,115)(H,103,119)/b10-8?,14-9+,63-15?,67-49+/t62-,65-,66-,68?,74?,75?,76-,79+,82+,84?,85+/m1/s1. The van der Waals surface area contributed by atoms with Gasteiger partial charge >= 0.3 is 12.1 Å². The highest BCUT2D eigenvalue weighted by molar-refractivity contribution is 7.91. The second kappa shape index (κ2) is 46.5. The number of carbonyl (C=O) groups excluding carboxylic acids is 9. The summed E-state index contributed by atoms with van der Waals surface area (Å²) in [6.07, 6.45) is 22.7. The molecule has 128 heavy (non-hydrogen) atoms. The number of piperidine rings is 1. The summed E-state index contributed by atoms with van der Waals surface area (Å²) in [6.45, 7) is 18.3. The first kappa shape index (κ1) is 96.4. The first-order valence-corrected chi connectivity index (χ1v) is 47.0. The fourth-order valence-corrected chi connectivity index (χ4v) is 18.9. The number of nitrogens with one attached hydrogen (secondary N) is 2. The molecule has 6 aliphatic heterocycles. The van der Waals surface area contributed by atoms with E-state index in [0.29, 0.717) is 188 Å². The minimum absolute atomic E-state index is 0.00186. The number of sulfone groups is 1. The van der Waals surface area contributed by atoms with E-state index in [1.54, 1.807) is 63.5 Å². The van der Waals surface area contributed by atoms with Crippen LogP contribution in [0.2, 0.25) is 0 Å². The summed E-state index contributed by atoms with van der Waals surface area (Å²) >= 11 is 0. The molecule has 12 rings (SSSR count). The molecule has 33 heteroatoms. The van der Waals surface area contributed by atoms with Crippen molar-refractivity contribution in [1.29, 1.82) is 0 Å². The third-order valence-corrected chi connectivity index (χ3v) is 27.3. The summed E-state index contributed by atoms with van der Waals surface area (Å²) < 4.78 is 63.4. The van der Waals surface area contributed by atoms with E-state index in [9.17, 15) is 56.7 Å². The lowest BCUT2D eigenvalue weighted by Crippen LogP contribution is -2.54. The van der Waals surface area contributed by atoms with Crippen molar-refractivity contribution in [2.24, 2.45) is 23.7 Å². The van der Waals surface area contributed by atoms with Gasteiger partial charge in [0, 0.05) is 177 Å². The molecular formula is C95H126N14O18S. The highest BCUT2D eigenvalue weighted by Crippen LogP contribution is 2.35. The lowest BCUT2D eigenvalue weighted by molar-refractivity contribution is -0.167. The Morgan fingerprint density at radius 2 is 1.41 bits per heavy atom. The molecule has 2 aromatic carbocycles. The maximum atomic E-state index is 14.5. The summed E-state index contributed by atoms with van der Waals surface area (Å²) in [5.41, 5.74) is 11.6. The van der Waals surface area contributed by atoms with E-state index in [2.05, 4.69) is 40.5 Å². The molecule has 5 N–H and O–H groups in total. The van der Waals surface area contributed by atoms with E-state index in [-0.39, 0.29) is 141 Å². The van der Waals surface area contributed by atoms with Gasteiger partial charge in [-0.25, -0.2) is 42.9 Å². The van der Waals surface area contributed by atoms with Crippen molar-refractivity contribution < 1.29 is 85.1 Å². The minimum Gasteiger partial charge on any atom is -0.491 e. The van der Waals surface area contributed by atoms with Gasteiger partial charge in [0.1, 0.15) is 54.1 Å². The summed E-state index contributed by atoms with van der Waals surface area (Å²) in [4.78, 5) is 158. The predicted molar refractivity (Wildman–Crippen MR) is 480 cm³/mol. The van der Waals surface area contributed by atoms with Crippen molar-refractivity contribution in [3.63, 3.8) is 0 Å². The number of aliphatic hydroxyl groups excluding tert-OH is 1. The Balaban J connectivity index is 0.521. The number of pyridine rings is 1. The van der Waals surface area contributed by atoms with Crippen molar-refractivity contribution in [3.8, 4) is 16.9 Å². The van der Waals surface area contributed by atoms with Gasteiger partial charge < -0.3 is 74.4 Å². The lowest BCUT2D eigenvalue weighted by atomic mass is 9.83. The van der Waals surface area contributed by atoms with Crippen LogP contribution in [0.1, 0.15) is 181 Å². The van der Waals surface area contributed by atoms with Crippen molar-refractivity contribution in [1.82, 2.24) is 55.2 Å². The molecule has 5 aromatic rings. The number of anilines is 3. The van der Waals surface area contributed by atoms with E-state index in [0.717, 1.165) is 35.4 Å². The third-order valence-electron chi connectivity index (χ3n) is 25.6. The first-order valence-electron chi connectivity index (χ1n) is 45.3. The smallest absolute Gasteiger partial charge is 0.407 e. The van der Waals surface area contributed by atoms with Gasteiger partial charge in [0.2, 0.25) is 23.6 Å². The normalized spacial score (nSPS) is 25.1. The van der Waals surface area contributed by atoms with Crippen molar-refractivity contribution in [2.75, 3.05) is 127 Å². The number of aromatic nitrogens is 5. The zero-order valence-corrected chi connectivity index (χ0v) is 75.7. The number of rotatable bonds is 22. The highest BCUT2D eigenvalue weighted by Gasteiger charge is 2.42. The molecule has 0 spiro atoms. The van der Waals surface area contributed by atoms with Crippen LogP contribution in [0.25, 0.3) is 11.1 Å². The Morgan fingerprint density at radius 3 is 2.13 bits per heavy atom. The van der Waals surface area contributed by atoms with Crippen LogP contribution in [-0.4, -0.2) is 265 Å². The number of Topliss-reactive ketones (excluding diaryl/α,β-unsaturated/α-hetero) is 3. The molecule has 5 fully saturated rings. The number of allylic oxidation sites excluding steroid dienone is 6. The molecule has 2 unspecified atom stereocenters. The van der Waals surface area contributed by atoms with Gasteiger partial charge in [-0.2, -0.15) is 0 Å². The van der Waals surface area contributed by atoms with E-state index < -0.39 is 69.8 Å². The molecule has 3 aromatic heterocycles. The zero-order valence-electron chi connectivity index (χ0n) is 74.9. The number of ether oxygens (including phenoxy) is 6. The summed E-state index contributed by atoms with van der Waals surface area (Å²) in [7, 11) is -2.22. The number of fused-ring (bicyclic) bond motifs is 4. The van der Waals surface area contributed by atoms with Gasteiger partial charge in [0.25, 0.3) is 17.7 Å². The number of piperazine rings is 2. The first-order chi connectivity index (χ1) is 61.6. The van der Waals surface area contributed by atoms with Gasteiger partial charge in [-0.15, -0.1) is 0 Å². The Labute approximate surface area is 750 Å². The maximum Gasteiger partial charge on any atom is 0.407 e. The fraction of sp³-hybridized carbons (Fsp3) is 0.558. The van der Waals surface area contributed by atoms with Gasteiger partial charge in [-0.1, -0.05) is 63.3 Å². The molecule has 9 atom stereocenters. The number of aryl methyl sites for hydroxylation is 1. The number of esters is 1. The minimum atomic E-state index is -3.85. The highest BCUT2D eigenvalue weighted by atomic mass is 32.2. The zero-order chi connectivity index (χ0) is 91.0. The molecule has 32 nitrogen and oxygen atoms in total. The van der Waals surface area contributed by atoms with Crippen LogP contribution in [0.5, 0.6) is 5.75 Å². The fourth-order valence-electron chi connectivity index (χ4n) is 17.6. The van der Waals surface area contributed by atoms with Gasteiger partial charge in [-0.05, 0) is 181 Å². The topological polar surface area (TPSA) is 397 Å². The number of hydrogen-bond donors (Lipinski definition) is 4. The molecule has 4 saturated heterocycles. The SMILES string of the molecule is CO[C@H]1CC2CCCC(O2)C(=O)C(=O)N2CCCC[C@H]2C(=O)O[C@H](CCC2CCC(OC(=O)NCc3cnc(N4CCN(C(=O)CCOCCN5CCN(c6ncc(C(=O)NCCS(=O)(=O)c7ccc(C(=O)N8CCOc9ccc(-c%10ccc(N)nc%10)cc9C8)c(C)c7)cn6)CC5)CC4)nc3)CC2)CC(=O)[C@H](C)/C=C(\C)[C@@H](O)CC(=O)[C@H](C)C[C@H](C)/C=C/C=CC=C1C. The molecule has 1 aliphatic carbocycles. The summed E-state index contributed by atoms with van der Waals surface area (Å²) in [5, 5.41) is 16.8. The Morgan fingerprint density at radius 1 is 0.688 bits per heavy atom. The van der Waals surface area contributed by atoms with E-state index >= 15 is 0 Å². The van der Waals surface area contributed by atoms with Gasteiger partial charge in [0.15, 0.2) is 9.84 Å². The van der Waals surface area contributed by atoms with Crippen molar-refractivity contribution in [3.05, 3.63) is 155 Å². The van der Waals surface area contributed by atoms with E-state index in [1.807, 2.05) is 90.1 Å². The molecule has 1 saturated carbocycles. The number of ketones is 3. The number of amides is 5. The van der Waals surface area contributed by atoms with Crippen LogP contribution in [0.15, 0.2) is 132 Å². The van der Waals surface area contributed by atoms with Crippen LogP contribution in [0, 0.1) is 30.6 Å². The van der Waals surface area contributed by atoms with E-state index in [4.69, 9.17) is 34.2 Å². The second-order valence-electron chi connectivity index (χ2n) is 35.0. The molecule has 5 amide bonds. The number of nitrogen functional groups attached to an aromatic ring is 1. The molecule has 0 radical (unpaired) electrons. The number of benzene rings is 2. The lowest BCUT2D eigenvalue weighted by Gasteiger charge is -2.36. The molecular weight excluding hydrogens is 1660 g/mol. The Hall–Kier alpha value is -10.7. The predicted octanol–water partition coefficient (Wildman–Crippen LogP) is 9.70. The van der Waals surface area contributed by atoms with Crippen molar-refractivity contribution >= 4 is 80.6 Å². The number of nitrogens with two attached hydrogens (primary N) is 1. The van der Waals surface area contributed by atoms with Crippen LogP contribution < -0.4 is 30.9 Å². The quantitative estimate of drug-likeness (QED) is 0.0217. The van der Waals surface area contributed by atoms with E-state index in [1.165, 1.54) is 35.5 Å². The van der Waals surface area contributed by atoms with Crippen LogP contribution in [0.3, 0.4) is 0 Å². The number of carbonyl (C=O) groups is 9. The van der Waals surface area contributed by atoms with Crippen LogP contribution in [0.4, 0.5) is 22.5 Å². The summed E-state index contributed by atoms with van der Waals surface area (Å²) in [6, 6.07) is 12.8. The molecule has 7 aliphatic rings. The van der Waals surface area contributed by atoms with Crippen molar-refractivity contribution in [2.45, 2.75) is 211 Å². The number of cyclic esters (lactones) is 1. The molecule has 690 valence electrons. The summed E-state index contributed by atoms with van der Waals surface area (Å²) in [5.74, 6) is -2.32. The van der Waals surface area contributed by atoms with Gasteiger partial charge in [0.05, 0.1) is 60.7 Å².